The summed E-state index contributed by atoms with van der Waals surface area (Å²) in [7, 11) is 1.67. The number of rotatable bonds is 7. The van der Waals surface area contributed by atoms with E-state index in [9.17, 15) is 4.79 Å². The van der Waals surface area contributed by atoms with Crippen molar-refractivity contribution in [3.8, 4) is 0 Å². The van der Waals surface area contributed by atoms with E-state index in [1.54, 1.807) is 7.11 Å². The van der Waals surface area contributed by atoms with Gasteiger partial charge in [-0.05, 0) is 5.92 Å². The molecule has 0 radical (unpaired) electrons. The van der Waals surface area contributed by atoms with Crippen LogP contribution in [0, 0.1) is 5.92 Å². The molecule has 5 nitrogen and oxygen atoms in total. The molecule has 0 aliphatic carbocycles. The molecule has 1 atom stereocenters. The molecule has 13 heavy (non-hydrogen) atoms. The van der Waals surface area contributed by atoms with E-state index in [1.165, 1.54) is 0 Å². The Balaban J connectivity index is 3.11. The molecule has 0 aromatic carbocycles. The monoisotopic (exact) mass is 190 g/mol. The van der Waals surface area contributed by atoms with Gasteiger partial charge in [-0.25, -0.2) is 4.79 Å². The topological polar surface area (TPSA) is 73.6 Å². The number of carbonyl (C=O) groups excluding carboxylic acids is 1. The van der Waals surface area contributed by atoms with Crippen LogP contribution in [0.15, 0.2) is 0 Å². The summed E-state index contributed by atoms with van der Waals surface area (Å²) in [4.78, 5) is 10.2. The summed E-state index contributed by atoms with van der Waals surface area (Å²) in [5.41, 5.74) is 4.77. The molecular weight excluding hydrogens is 172 g/mol. The molecule has 0 aliphatic rings. The van der Waals surface area contributed by atoms with E-state index in [0.717, 1.165) is 13.2 Å². The minimum Gasteiger partial charge on any atom is -0.448 e. The molecule has 0 saturated heterocycles. The van der Waals surface area contributed by atoms with Crippen molar-refractivity contribution in [2.75, 3.05) is 33.4 Å². The summed E-state index contributed by atoms with van der Waals surface area (Å²) in [5, 5.41) is 3.11. The zero-order chi connectivity index (χ0) is 10.1. The maximum absolute atomic E-state index is 10.2. The zero-order valence-electron chi connectivity index (χ0n) is 8.21. The van der Waals surface area contributed by atoms with Gasteiger partial charge < -0.3 is 20.5 Å². The fourth-order valence-corrected chi connectivity index (χ4v) is 0.916. The Morgan fingerprint density at radius 1 is 1.62 bits per heavy atom. The molecule has 0 fully saturated rings. The minimum atomic E-state index is -0.730. The highest BCUT2D eigenvalue weighted by Gasteiger charge is 1.99. The summed E-state index contributed by atoms with van der Waals surface area (Å²) in [6, 6.07) is 0. The van der Waals surface area contributed by atoms with Crippen molar-refractivity contribution >= 4 is 6.09 Å². The van der Waals surface area contributed by atoms with Crippen LogP contribution in [-0.4, -0.2) is 39.5 Å². The number of carbonyl (C=O) groups is 1. The molecule has 0 bridgehead atoms. The van der Waals surface area contributed by atoms with Crippen LogP contribution in [0.3, 0.4) is 0 Å². The average molecular weight is 190 g/mol. The standard InChI is InChI=1S/C8H18N2O3/c1-7(6-12-2)5-10-3-4-13-8(9)11/h7,10H,3-6H2,1-2H3,(H2,9,11). The SMILES string of the molecule is COCC(C)CNCCOC(N)=O. The van der Waals surface area contributed by atoms with E-state index in [4.69, 9.17) is 10.5 Å². The van der Waals surface area contributed by atoms with Crippen molar-refractivity contribution in [1.82, 2.24) is 5.32 Å². The fraction of sp³-hybridized carbons (Fsp3) is 0.875. The summed E-state index contributed by atoms with van der Waals surface area (Å²) >= 11 is 0. The molecule has 1 amide bonds. The highest BCUT2D eigenvalue weighted by atomic mass is 16.5. The second kappa shape index (κ2) is 7.82. The number of amides is 1. The lowest BCUT2D eigenvalue weighted by Crippen LogP contribution is -2.28. The van der Waals surface area contributed by atoms with Crippen LogP contribution in [0.2, 0.25) is 0 Å². The summed E-state index contributed by atoms with van der Waals surface area (Å²) in [6.45, 7) is 4.58. The minimum absolute atomic E-state index is 0.315. The molecule has 0 saturated carbocycles. The Bertz CT molecular complexity index is 141. The summed E-state index contributed by atoms with van der Waals surface area (Å²) in [5.74, 6) is 0.457. The van der Waals surface area contributed by atoms with Crippen LogP contribution < -0.4 is 11.1 Å². The van der Waals surface area contributed by atoms with Crippen molar-refractivity contribution in [1.29, 1.82) is 0 Å². The van der Waals surface area contributed by atoms with Gasteiger partial charge in [0.1, 0.15) is 6.61 Å². The van der Waals surface area contributed by atoms with Crippen molar-refractivity contribution in [3.05, 3.63) is 0 Å². The van der Waals surface area contributed by atoms with Crippen LogP contribution in [0.25, 0.3) is 0 Å². The Morgan fingerprint density at radius 2 is 2.31 bits per heavy atom. The number of hydrogen-bond donors (Lipinski definition) is 2. The van der Waals surface area contributed by atoms with E-state index in [1.807, 2.05) is 0 Å². The van der Waals surface area contributed by atoms with Crippen LogP contribution in [-0.2, 0) is 9.47 Å². The Morgan fingerprint density at radius 3 is 2.85 bits per heavy atom. The number of hydrogen-bond acceptors (Lipinski definition) is 4. The zero-order valence-corrected chi connectivity index (χ0v) is 8.21. The molecule has 0 aromatic rings. The normalized spacial score (nSPS) is 12.5. The Labute approximate surface area is 78.6 Å². The molecule has 0 heterocycles. The second-order valence-electron chi connectivity index (χ2n) is 2.93. The van der Waals surface area contributed by atoms with E-state index < -0.39 is 6.09 Å². The maximum atomic E-state index is 10.2. The van der Waals surface area contributed by atoms with Crippen LogP contribution in [0.1, 0.15) is 6.92 Å². The molecule has 0 spiro atoms. The number of methoxy groups -OCH3 is 1. The molecular formula is C8H18N2O3. The van der Waals surface area contributed by atoms with Crippen molar-refractivity contribution in [3.63, 3.8) is 0 Å². The van der Waals surface area contributed by atoms with Crippen molar-refractivity contribution in [2.24, 2.45) is 11.7 Å². The van der Waals surface area contributed by atoms with Gasteiger partial charge in [0, 0.05) is 26.8 Å². The van der Waals surface area contributed by atoms with Gasteiger partial charge >= 0.3 is 6.09 Å². The highest BCUT2D eigenvalue weighted by molar-refractivity contribution is 5.64. The highest BCUT2D eigenvalue weighted by Crippen LogP contribution is 1.91. The van der Waals surface area contributed by atoms with Crippen LogP contribution >= 0.6 is 0 Å². The Kier molecular flexibility index (Phi) is 7.33. The first-order valence-corrected chi connectivity index (χ1v) is 4.28. The molecule has 3 N–H and O–H groups in total. The number of nitrogens with two attached hydrogens (primary N) is 1. The van der Waals surface area contributed by atoms with E-state index in [-0.39, 0.29) is 0 Å². The van der Waals surface area contributed by atoms with Gasteiger partial charge in [0.15, 0.2) is 0 Å². The van der Waals surface area contributed by atoms with Gasteiger partial charge in [-0.15, -0.1) is 0 Å². The van der Waals surface area contributed by atoms with Gasteiger partial charge in [0.2, 0.25) is 0 Å². The summed E-state index contributed by atoms with van der Waals surface area (Å²) < 4.78 is 9.48. The number of nitrogens with one attached hydrogen (secondary N) is 1. The lowest BCUT2D eigenvalue weighted by molar-refractivity contribution is 0.148. The van der Waals surface area contributed by atoms with E-state index in [0.29, 0.717) is 19.1 Å². The first-order valence-electron chi connectivity index (χ1n) is 4.28. The van der Waals surface area contributed by atoms with Gasteiger partial charge in [-0.2, -0.15) is 0 Å². The molecule has 0 aromatic heterocycles. The molecule has 5 heteroatoms. The Hall–Kier alpha value is -0.810. The maximum Gasteiger partial charge on any atom is 0.404 e. The molecule has 0 aliphatic heterocycles. The van der Waals surface area contributed by atoms with E-state index in [2.05, 4.69) is 17.0 Å². The van der Waals surface area contributed by atoms with Crippen LogP contribution in [0.4, 0.5) is 4.79 Å². The number of ether oxygens (including phenoxy) is 2. The predicted molar refractivity (Wildman–Crippen MR) is 49.4 cm³/mol. The smallest absolute Gasteiger partial charge is 0.404 e. The molecule has 1 unspecified atom stereocenters. The first kappa shape index (κ1) is 12.2. The van der Waals surface area contributed by atoms with Crippen molar-refractivity contribution < 1.29 is 14.3 Å². The molecule has 0 rings (SSSR count). The number of primary amides is 1. The fourth-order valence-electron chi connectivity index (χ4n) is 0.916. The van der Waals surface area contributed by atoms with Crippen LogP contribution in [0.5, 0.6) is 0 Å². The van der Waals surface area contributed by atoms with Crippen molar-refractivity contribution in [2.45, 2.75) is 6.92 Å². The lowest BCUT2D eigenvalue weighted by Gasteiger charge is -2.10. The summed E-state index contributed by atoms with van der Waals surface area (Å²) in [6.07, 6.45) is -0.730. The van der Waals surface area contributed by atoms with Gasteiger partial charge in [-0.1, -0.05) is 6.92 Å². The van der Waals surface area contributed by atoms with Gasteiger partial charge in [0.25, 0.3) is 0 Å². The lowest BCUT2D eigenvalue weighted by atomic mass is 10.2. The third kappa shape index (κ3) is 9.10. The first-order chi connectivity index (χ1) is 6.16. The molecule has 78 valence electrons. The average Bonchev–Trinajstić information content (AvgIpc) is 2.03. The third-order valence-corrected chi connectivity index (χ3v) is 1.47. The second-order valence-corrected chi connectivity index (χ2v) is 2.93. The van der Waals surface area contributed by atoms with E-state index >= 15 is 0 Å². The van der Waals surface area contributed by atoms with Gasteiger partial charge in [0.05, 0.1) is 0 Å². The quantitative estimate of drug-likeness (QED) is 0.552. The predicted octanol–water partition coefficient (Wildman–Crippen LogP) is -0.0462. The van der Waals surface area contributed by atoms with Gasteiger partial charge in [-0.3, -0.25) is 0 Å². The largest absolute Gasteiger partial charge is 0.448 e. The third-order valence-electron chi connectivity index (χ3n) is 1.47.